The summed E-state index contributed by atoms with van der Waals surface area (Å²) in [5.41, 5.74) is 1.37. The van der Waals surface area contributed by atoms with E-state index in [0.717, 1.165) is 32.1 Å². The molecule has 17 heavy (non-hydrogen) atoms. The minimum Gasteiger partial charge on any atom is -0.311 e. The van der Waals surface area contributed by atoms with Crippen molar-refractivity contribution in [1.82, 2.24) is 15.2 Å². The van der Waals surface area contributed by atoms with Crippen LogP contribution in [0.5, 0.6) is 0 Å². The first-order valence-electron chi connectivity index (χ1n) is 6.64. The summed E-state index contributed by atoms with van der Waals surface area (Å²) in [7, 11) is 0. The molecule has 94 valence electrons. The van der Waals surface area contributed by atoms with Crippen molar-refractivity contribution in [1.29, 1.82) is 0 Å². The fourth-order valence-corrected chi connectivity index (χ4v) is 2.40. The van der Waals surface area contributed by atoms with Gasteiger partial charge in [-0.3, -0.25) is 9.88 Å². The molecule has 0 aliphatic carbocycles. The molecule has 0 spiro atoms. The Bertz CT molecular complexity index is 325. The fourth-order valence-electron chi connectivity index (χ4n) is 2.40. The van der Waals surface area contributed by atoms with Crippen molar-refractivity contribution >= 4 is 0 Å². The van der Waals surface area contributed by atoms with Gasteiger partial charge in [-0.1, -0.05) is 20.3 Å². The molecule has 1 aromatic rings. The Balaban J connectivity index is 1.89. The summed E-state index contributed by atoms with van der Waals surface area (Å²) >= 11 is 0. The van der Waals surface area contributed by atoms with Crippen molar-refractivity contribution in [2.75, 3.05) is 19.6 Å². The zero-order valence-electron chi connectivity index (χ0n) is 10.9. The van der Waals surface area contributed by atoms with Crippen LogP contribution in [0.4, 0.5) is 0 Å². The van der Waals surface area contributed by atoms with Gasteiger partial charge in [0.1, 0.15) is 0 Å². The molecule has 1 aliphatic rings. The Kier molecular flexibility index (Phi) is 4.51. The van der Waals surface area contributed by atoms with E-state index >= 15 is 0 Å². The van der Waals surface area contributed by atoms with E-state index in [-0.39, 0.29) is 0 Å². The van der Waals surface area contributed by atoms with Crippen LogP contribution < -0.4 is 5.32 Å². The highest BCUT2D eigenvalue weighted by molar-refractivity contribution is 5.09. The van der Waals surface area contributed by atoms with Crippen LogP contribution in [-0.2, 0) is 6.54 Å². The number of nitrogens with one attached hydrogen (secondary N) is 1. The van der Waals surface area contributed by atoms with Crippen molar-refractivity contribution in [3.63, 3.8) is 0 Å². The quantitative estimate of drug-likeness (QED) is 0.861. The minimum absolute atomic E-state index is 0.649. The molecule has 2 heterocycles. The van der Waals surface area contributed by atoms with Crippen LogP contribution in [0.1, 0.15) is 25.8 Å². The van der Waals surface area contributed by atoms with Gasteiger partial charge in [-0.15, -0.1) is 0 Å². The molecule has 2 unspecified atom stereocenters. The second kappa shape index (κ2) is 6.12. The summed E-state index contributed by atoms with van der Waals surface area (Å²) in [6.45, 7) is 9.09. The Hall–Kier alpha value is -0.930. The van der Waals surface area contributed by atoms with Gasteiger partial charge >= 0.3 is 0 Å². The second-order valence-electron chi connectivity index (χ2n) is 5.04. The average molecular weight is 233 g/mol. The van der Waals surface area contributed by atoms with Crippen LogP contribution >= 0.6 is 0 Å². The van der Waals surface area contributed by atoms with Crippen LogP contribution in [0.15, 0.2) is 24.5 Å². The Labute approximate surface area is 104 Å². The van der Waals surface area contributed by atoms with E-state index in [9.17, 15) is 0 Å². The van der Waals surface area contributed by atoms with Crippen LogP contribution in [0.25, 0.3) is 0 Å². The lowest BCUT2D eigenvalue weighted by Gasteiger charge is -2.36. The van der Waals surface area contributed by atoms with Crippen molar-refractivity contribution < 1.29 is 0 Å². The maximum atomic E-state index is 4.06. The largest absolute Gasteiger partial charge is 0.311 e. The van der Waals surface area contributed by atoms with Gasteiger partial charge in [0.15, 0.2) is 0 Å². The molecule has 3 nitrogen and oxygen atoms in total. The number of hydrogen-bond donors (Lipinski definition) is 1. The smallest absolute Gasteiger partial charge is 0.0271 e. The first kappa shape index (κ1) is 12.5. The molecule has 1 N–H and O–H groups in total. The zero-order valence-corrected chi connectivity index (χ0v) is 10.9. The van der Waals surface area contributed by atoms with Gasteiger partial charge in [0.2, 0.25) is 0 Å². The topological polar surface area (TPSA) is 28.2 Å². The van der Waals surface area contributed by atoms with Crippen molar-refractivity contribution in [2.45, 2.75) is 32.9 Å². The number of rotatable bonds is 4. The van der Waals surface area contributed by atoms with Gasteiger partial charge in [0.05, 0.1) is 0 Å². The molecule has 2 rings (SSSR count). The molecule has 3 heteroatoms. The number of piperazine rings is 1. The van der Waals surface area contributed by atoms with Gasteiger partial charge in [-0.25, -0.2) is 0 Å². The van der Waals surface area contributed by atoms with E-state index < -0.39 is 0 Å². The lowest BCUT2D eigenvalue weighted by Crippen LogP contribution is -2.52. The van der Waals surface area contributed by atoms with E-state index in [1.54, 1.807) is 0 Å². The van der Waals surface area contributed by atoms with E-state index in [0.29, 0.717) is 6.04 Å². The minimum atomic E-state index is 0.649. The molecule has 0 aromatic carbocycles. The number of aromatic nitrogens is 1. The third-order valence-corrected chi connectivity index (χ3v) is 3.78. The Morgan fingerprint density at radius 3 is 2.94 bits per heavy atom. The lowest BCUT2D eigenvalue weighted by atomic mass is 9.97. The van der Waals surface area contributed by atoms with E-state index in [1.165, 1.54) is 12.0 Å². The summed E-state index contributed by atoms with van der Waals surface area (Å²) in [5.74, 6) is 0.759. The number of hydrogen-bond acceptors (Lipinski definition) is 3. The van der Waals surface area contributed by atoms with Crippen LogP contribution in [0, 0.1) is 5.92 Å². The first-order chi connectivity index (χ1) is 8.29. The molecule has 1 aromatic heterocycles. The molecule has 0 bridgehead atoms. The van der Waals surface area contributed by atoms with Crippen LogP contribution in [0.2, 0.25) is 0 Å². The van der Waals surface area contributed by atoms with Gasteiger partial charge in [0, 0.05) is 44.6 Å². The van der Waals surface area contributed by atoms with Gasteiger partial charge < -0.3 is 5.32 Å². The first-order valence-corrected chi connectivity index (χ1v) is 6.64. The number of nitrogens with zero attached hydrogens (tertiary/aromatic N) is 2. The third kappa shape index (κ3) is 3.51. The maximum Gasteiger partial charge on any atom is 0.0271 e. The molecular formula is C14H23N3. The summed E-state index contributed by atoms with van der Waals surface area (Å²) < 4.78 is 0. The molecule has 1 saturated heterocycles. The summed E-state index contributed by atoms with van der Waals surface area (Å²) in [6.07, 6.45) is 5.01. The highest BCUT2D eigenvalue weighted by Crippen LogP contribution is 2.14. The van der Waals surface area contributed by atoms with E-state index in [2.05, 4.69) is 41.2 Å². The van der Waals surface area contributed by atoms with Gasteiger partial charge in [-0.05, 0) is 23.6 Å². The average Bonchev–Trinajstić information content (AvgIpc) is 2.39. The zero-order chi connectivity index (χ0) is 12.1. The maximum absolute atomic E-state index is 4.06. The van der Waals surface area contributed by atoms with Gasteiger partial charge in [-0.2, -0.15) is 0 Å². The molecule has 1 aliphatic heterocycles. The molecule has 0 radical (unpaired) electrons. The van der Waals surface area contributed by atoms with Crippen LogP contribution in [-0.4, -0.2) is 35.6 Å². The predicted octanol–water partition coefficient (Wildman–Crippen LogP) is 1.90. The summed E-state index contributed by atoms with van der Waals surface area (Å²) in [5, 5.41) is 3.63. The highest BCUT2D eigenvalue weighted by Gasteiger charge is 2.22. The fraction of sp³-hybridized carbons (Fsp3) is 0.643. The normalized spacial score (nSPS) is 23.5. The Morgan fingerprint density at radius 2 is 2.24 bits per heavy atom. The molecule has 0 amide bonds. The lowest BCUT2D eigenvalue weighted by molar-refractivity contribution is 0.162. The van der Waals surface area contributed by atoms with Crippen molar-refractivity contribution in [3.05, 3.63) is 30.1 Å². The standard InChI is InChI=1S/C14H23N3/c1-3-12(2)14-11-17(9-8-16-14)10-13-4-6-15-7-5-13/h4-7,12,14,16H,3,8-11H2,1-2H3. The Morgan fingerprint density at radius 1 is 1.47 bits per heavy atom. The van der Waals surface area contributed by atoms with Gasteiger partial charge in [0.25, 0.3) is 0 Å². The van der Waals surface area contributed by atoms with Crippen molar-refractivity contribution in [3.8, 4) is 0 Å². The van der Waals surface area contributed by atoms with Crippen molar-refractivity contribution in [2.24, 2.45) is 5.92 Å². The SMILES string of the molecule is CCC(C)C1CN(Cc2ccncc2)CCN1. The third-order valence-electron chi connectivity index (χ3n) is 3.78. The highest BCUT2D eigenvalue weighted by atomic mass is 15.2. The summed E-state index contributed by atoms with van der Waals surface area (Å²) in [6, 6.07) is 4.87. The van der Waals surface area contributed by atoms with Crippen LogP contribution in [0.3, 0.4) is 0 Å². The molecule has 0 saturated carbocycles. The monoisotopic (exact) mass is 233 g/mol. The van der Waals surface area contributed by atoms with E-state index in [1.807, 2.05) is 12.4 Å². The molecule has 1 fully saturated rings. The molecular weight excluding hydrogens is 210 g/mol. The predicted molar refractivity (Wildman–Crippen MR) is 70.8 cm³/mol. The molecule has 2 atom stereocenters. The van der Waals surface area contributed by atoms with E-state index in [4.69, 9.17) is 0 Å². The number of pyridine rings is 1. The second-order valence-corrected chi connectivity index (χ2v) is 5.04. The summed E-state index contributed by atoms with van der Waals surface area (Å²) in [4.78, 5) is 6.61.